The highest BCUT2D eigenvalue weighted by Gasteiger charge is 2.35. The number of rotatable bonds is 3. The van der Waals surface area contributed by atoms with Gasteiger partial charge in [-0.1, -0.05) is 53.0 Å². The molecule has 0 aromatic heterocycles. The number of para-hydroxylation sites is 1. The number of halogens is 3. The fraction of sp³-hybridized carbons (Fsp3) is 0.316. The van der Waals surface area contributed by atoms with Crippen LogP contribution in [0.4, 0.5) is 10.5 Å². The number of carbonyl (C=O) groups excluding carboxylic acids is 1. The quantitative estimate of drug-likeness (QED) is 0.586. The number of ether oxygens (including phenoxy) is 1. The first kappa shape index (κ1) is 20.0. The van der Waals surface area contributed by atoms with Gasteiger partial charge in [-0.15, -0.1) is 0 Å². The summed E-state index contributed by atoms with van der Waals surface area (Å²) >= 11 is 18.3. The molecule has 1 fully saturated rings. The number of hydrogen-bond donors (Lipinski definition) is 0. The average Bonchev–Trinajstić information content (AvgIpc) is 2.72. The van der Waals surface area contributed by atoms with E-state index in [1.807, 2.05) is 28.6 Å². The molecule has 2 aliphatic rings. The second kappa shape index (κ2) is 8.20. The van der Waals surface area contributed by atoms with E-state index in [9.17, 15) is 9.00 Å². The summed E-state index contributed by atoms with van der Waals surface area (Å²) in [4.78, 5) is 14.6. The predicted octanol–water partition coefficient (Wildman–Crippen LogP) is 5.29. The van der Waals surface area contributed by atoms with Crippen LogP contribution in [0, 0.1) is 0 Å². The monoisotopic (exact) mass is 458 g/mol. The van der Waals surface area contributed by atoms with E-state index in [0.717, 1.165) is 11.3 Å². The minimum absolute atomic E-state index is 0.00789. The molecule has 4 rings (SSSR count). The average molecular weight is 460 g/mol. The lowest BCUT2D eigenvalue weighted by Crippen LogP contribution is -2.49. The maximum Gasteiger partial charge on any atom is 0.414 e. The molecule has 0 radical (unpaired) electrons. The van der Waals surface area contributed by atoms with Crippen LogP contribution < -0.4 is 4.90 Å². The number of piperidine rings is 1. The molecule has 2 aromatic carbocycles. The Labute approximate surface area is 180 Å². The van der Waals surface area contributed by atoms with E-state index >= 15 is 0 Å². The number of carbonyl (C=O) groups is 1. The molecule has 2 aliphatic heterocycles. The Morgan fingerprint density at radius 3 is 2.46 bits per heavy atom. The van der Waals surface area contributed by atoms with Gasteiger partial charge in [-0.3, -0.25) is 4.90 Å². The number of fused-ring (bicyclic) bond motifs is 1. The van der Waals surface area contributed by atoms with Crippen molar-refractivity contribution in [3.8, 4) is 0 Å². The van der Waals surface area contributed by atoms with E-state index in [2.05, 4.69) is 0 Å². The van der Waals surface area contributed by atoms with Crippen LogP contribution in [-0.4, -0.2) is 33.7 Å². The largest absolute Gasteiger partial charge is 0.444 e. The van der Waals surface area contributed by atoms with E-state index in [1.165, 1.54) is 0 Å². The normalized spacial score (nSPS) is 19.2. The molecular weight excluding hydrogens is 443 g/mol. The second-order valence-electron chi connectivity index (χ2n) is 6.64. The number of amides is 1. The molecule has 5 nitrogen and oxygen atoms in total. The van der Waals surface area contributed by atoms with Crippen molar-refractivity contribution in [1.29, 1.82) is 0 Å². The topological polar surface area (TPSA) is 49.9 Å². The fourth-order valence-corrected chi connectivity index (χ4v) is 5.62. The lowest BCUT2D eigenvalue weighted by Gasteiger charge is -2.39. The lowest BCUT2D eigenvalue weighted by atomic mass is 10.0. The van der Waals surface area contributed by atoms with Gasteiger partial charge in [0.25, 0.3) is 0 Å². The first-order valence-corrected chi connectivity index (χ1v) is 11.1. The molecule has 2 heterocycles. The molecule has 0 aliphatic carbocycles. The van der Waals surface area contributed by atoms with Crippen molar-refractivity contribution in [2.45, 2.75) is 30.4 Å². The Morgan fingerprint density at radius 2 is 1.71 bits per heavy atom. The van der Waals surface area contributed by atoms with Crippen molar-refractivity contribution in [3.05, 3.63) is 57.0 Å². The molecule has 2 aromatic rings. The van der Waals surface area contributed by atoms with Crippen LogP contribution in [0.5, 0.6) is 0 Å². The predicted molar refractivity (Wildman–Crippen MR) is 112 cm³/mol. The first-order chi connectivity index (χ1) is 13.5. The van der Waals surface area contributed by atoms with Crippen LogP contribution in [0.1, 0.15) is 18.4 Å². The third kappa shape index (κ3) is 3.64. The molecule has 28 heavy (non-hydrogen) atoms. The highest BCUT2D eigenvalue weighted by atomic mass is 35.5. The number of hydrogen-bond acceptors (Lipinski definition) is 3. The van der Waals surface area contributed by atoms with Gasteiger partial charge in [0, 0.05) is 24.7 Å². The lowest BCUT2D eigenvalue weighted by molar-refractivity contribution is 0.136. The van der Waals surface area contributed by atoms with Gasteiger partial charge < -0.3 is 4.74 Å². The van der Waals surface area contributed by atoms with Crippen LogP contribution >= 0.6 is 34.8 Å². The number of benzene rings is 2. The smallest absolute Gasteiger partial charge is 0.414 e. The highest BCUT2D eigenvalue weighted by molar-refractivity contribution is 7.82. The highest BCUT2D eigenvalue weighted by Crippen LogP contribution is 2.36. The molecule has 1 unspecified atom stereocenters. The summed E-state index contributed by atoms with van der Waals surface area (Å²) in [6.07, 6.45) is 1.02. The van der Waals surface area contributed by atoms with Gasteiger partial charge in [0.15, 0.2) is 0 Å². The Morgan fingerprint density at radius 1 is 1.00 bits per heavy atom. The SMILES string of the molecule is O=C1OCc2ccccc2N1C1CCN(S(=O)c2ccc(Cl)c(Cl)c2Cl)CC1. The molecular formula is C19H17Cl3N2O3S. The maximum absolute atomic E-state index is 13.0. The van der Waals surface area contributed by atoms with Gasteiger partial charge in [0.1, 0.15) is 17.6 Å². The zero-order valence-electron chi connectivity index (χ0n) is 14.7. The number of cyclic esters (lactones) is 1. The Kier molecular flexibility index (Phi) is 5.86. The van der Waals surface area contributed by atoms with Crippen molar-refractivity contribution in [1.82, 2.24) is 4.31 Å². The van der Waals surface area contributed by atoms with Gasteiger partial charge in [0.05, 0.1) is 25.7 Å². The van der Waals surface area contributed by atoms with Crippen molar-refractivity contribution >= 4 is 57.6 Å². The van der Waals surface area contributed by atoms with Crippen molar-refractivity contribution in [3.63, 3.8) is 0 Å². The van der Waals surface area contributed by atoms with Gasteiger partial charge in [-0.25, -0.2) is 13.3 Å². The van der Waals surface area contributed by atoms with Gasteiger partial charge in [-0.05, 0) is 31.0 Å². The Balaban J connectivity index is 1.49. The third-order valence-electron chi connectivity index (χ3n) is 5.01. The van der Waals surface area contributed by atoms with E-state index in [-0.39, 0.29) is 22.2 Å². The minimum atomic E-state index is -1.45. The molecule has 0 bridgehead atoms. The van der Waals surface area contributed by atoms with Crippen molar-refractivity contribution in [2.75, 3.05) is 18.0 Å². The van der Waals surface area contributed by atoms with Crippen LogP contribution in [0.25, 0.3) is 0 Å². The second-order valence-corrected chi connectivity index (χ2v) is 9.25. The molecule has 148 valence electrons. The van der Waals surface area contributed by atoms with E-state index in [1.54, 1.807) is 17.0 Å². The molecule has 1 saturated heterocycles. The fourth-order valence-electron chi connectivity index (χ4n) is 3.57. The summed E-state index contributed by atoms with van der Waals surface area (Å²) < 4.78 is 20.1. The van der Waals surface area contributed by atoms with Crippen molar-refractivity contribution < 1.29 is 13.7 Å². The molecule has 0 N–H and O–H groups in total. The summed E-state index contributed by atoms with van der Waals surface area (Å²) in [6, 6.07) is 11.0. The Hall–Kier alpha value is -1.31. The van der Waals surface area contributed by atoms with Crippen molar-refractivity contribution in [2.24, 2.45) is 0 Å². The summed E-state index contributed by atoms with van der Waals surface area (Å²) in [5.41, 5.74) is 1.89. The van der Waals surface area contributed by atoms with Gasteiger partial charge in [0.2, 0.25) is 0 Å². The number of anilines is 1. The zero-order chi connectivity index (χ0) is 19.8. The number of nitrogens with zero attached hydrogens (tertiary/aromatic N) is 2. The summed E-state index contributed by atoms with van der Waals surface area (Å²) in [5.74, 6) is 0. The van der Waals surface area contributed by atoms with Gasteiger partial charge >= 0.3 is 6.09 Å². The molecule has 0 spiro atoms. The summed E-state index contributed by atoms with van der Waals surface area (Å²) in [5, 5.41) is 0.744. The molecule has 1 amide bonds. The Bertz CT molecular complexity index is 948. The van der Waals surface area contributed by atoms with E-state index in [4.69, 9.17) is 39.5 Å². The maximum atomic E-state index is 13.0. The van der Waals surface area contributed by atoms with Crippen LogP contribution in [0.15, 0.2) is 41.3 Å². The third-order valence-corrected chi connectivity index (χ3v) is 7.97. The molecule has 1 atom stereocenters. The molecule has 9 heteroatoms. The summed E-state index contributed by atoms with van der Waals surface area (Å²) in [6.45, 7) is 1.41. The summed E-state index contributed by atoms with van der Waals surface area (Å²) in [7, 11) is -1.45. The van der Waals surface area contributed by atoms with Crippen LogP contribution in [-0.2, 0) is 22.3 Å². The standard InChI is InChI=1S/C19H17Cl3N2O3S/c20-14-5-6-16(18(22)17(14)21)28(26)23-9-7-13(8-10-23)24-15-4-2-1-3-12(15)11-27-19(24)25/h1-6,13H,7-11H2. The van der Waals surface area contributed by atoms with E-state index < -0.39 is 11.0 Å². The molecule has 0 saturated carbocycles. The van der Waals surface area contributed by atoms with E-state index in [0.29, 0.717) is 42.5 Å². The zero-order valence-corrected chi connectivity index (χ0v) is 17.8. The van der Waals surface area contributed by atoms with Crippen LogP contribution in [0.2, 0.25) is 15.1 Å². The first-order valence-electron chi connectivity index (χ1n) is 8.81. The van der Waals surface area contributed by atoms with Crippen LogP contribution in [0.3, 0.4) is 0 Å². The van der Waals surface area contributed by atoms with Gasteiger partial charge in [-0.2, -0.15) is 0 Å². The minimum Gasteiger partial charge on any atom is -0.444 e.